The second kappa shape index (κ2) is 7.09. The van der Waals surface area contributed by atoms with Crippen LogP contribution in [-0.4, -0.2) is 51.9 Å². The molecule has 0 aliphatic carbocycles. The van der Waals surface area contributed by atoms with Crippen molar-refractivity contribution in [2.75, 3.05) is 26.2 Å². The van der Waals surface area contributed by atoms with Gasteiger partial charge in [0.1, 0.15) is 0 Å². The zero-order valence-corrected chi connectivity index (χ0v) is 14.4. The van der Waals surface area contributed by atoms with Crippen LogP contribution in [0, 0.1) is 0 Å². The highest BCUT2D eigenvalue weighted by Crippen LogP contribution is 2.18. The standard InChI is InChI=1S/C20H20N4O2/c25-19-13-17(16-3-1-2-4-18(16)22-19)20(26)24-11-9-23(10-12-24)14-15-5-7-21-8-6-15/h1-8,13H,9-12,14H2,(H,22,25). The fraction of sp³-hybridized carbons (Fsp3) is 0.250. The SMILES string of the molecule is O=C(c1cc(=O)[nH]c2ccccc12)N1CCN(Cc2ccncc2)CC1. The molecule has 1 saturated heterocycles. The van der Waals surface area contributed by atoms with Crippen molar-refractivity contribution in [3.8, 4) is 0 Å². The van der Waals surface area contributed by atoms with E-state index < -0.39 is 0 Å². The largest absolute Gasteiger partial charge is 0.336 e. The molecular weight excluding hydrogens is 328 g/mol. The summed E-state index contributed by atoms with van der Waals surface area (Å²) in [5, 5.41) is 0.788. The monoisotopic (exact) mass is 348 g/mol. The minimum absolute atomic E-state index is 0.0733. The molecule has 0 radical (unpaired) electrons. The number of H-pyrrole nitrogens is 1. The van der Waals surface area contributed by atoms with Crippen LogP contribution < -0.4 is 5.56 Å². The van der Waals surface area contributed by atoms with Gasteiger partial charge in [0.2, 0.25) is 5.56 Å². The molecule has 1 fully saturated rings. The Kier molecular flexibility index (Phi) is 4.50. The average Bonchev–Trinajstić information content (AvgIpc) is 2.68. The molecule has 1 amide bonds. The van der Waals surface area contributed by atoms with Crippen molar-refractivity contribution in [2.45, 2.75) is 6.54 Å². The summed E-state index contributed by atoms with van der Waals surface area (Å²) >= 11 is 0. The van der Waals surface area contributed by atoms with Crippen molar-refractivity contribution in [3.05, 3.63) is 76.3 Å². The Hall–Kier alpha value is -2.99. The summed E-state index contributed by atoms with van der Waals surface area (Å²) in [6.45, 7) is 3.80. The molecule has 0 atom stereocenters. The average molecular weight is 348 g/mol. The van der Waals surface area contributed by atoms with Crippen LogP contribution in [0.1, 0.15) is 15.9 Å². The number of rotatable bonds is 3. The number of benzene rings is 1. The van der Waals surface area contributed by atoms with E-state index in [2.05, 4.69) is 14.9 Å². The molecule has 26 heavy (non-hydrogen) atoms. The Balaban J connectivity index is 1.48. The molecule has 0 bridgehead atoms. The van der Waals surface area contributed by atoms with Gasteiger partial charge in [0.25, 0.3) is 5.91 Å². The van der Waals surface area contributed by atoms with E-state index in [1.165, 1.54) is 11.6 Å². The fourth-order valence-corrected chi connectivity index (χ4v) is 3.41. The molecule has 2 aromatic heterocycles. The Morgan fingerprint density at radius 2 is 1.77 bits per heavy atom. The van der Waals surface area contributed by atoms with Gasteiger partial charge in [-0.3, -0.25) is 19.5 Å². The molecule has 0 saturated carbocycles. The van der Waals surface area contributed by atoms with Crippen LogP contribution >= 0.6 is 0 Å². The third kappa shape index (κ3) is 3.36. The van der Waals surface area contributed by atoms with E-state index in [0.29, 0.717) is 24.2 Å². The third-order valence-electron chi connectivity index (χ3n) is 4.80. The lowest BCUT2D eigenvalue weighted by atomic mass is 10.1. The fourth-order valence-electron chi connectivity index (χ4n) is 3.41. The number of carbonyl (C=O) groups excluding carboxylic acids is 1. The summed E-state index contributed by atoms with van der Waals surface area (Å²) in [6.07, 6.45) is 3.60. The van der Waals surface area contributed by atoms with E-state index >= 15 is 0 Å². The molecule has 1 N–H and O–H groups in total. The highest BCUT2D eigenvalue weighted by molar-refractivity contribution is 6.05. The van der Waals surface area contributed by atoms with Gasteiger partial charge in [0.05, 0.1) is 5.56 Å². The topological polar surface area (TPSA) is 69.3 Å². The van der Waals surface area contributed by atoms with Crippen molar-refractivity contribution < 1.29 is 4.79 Å². The molecule has 1 aromatic carbocycles. The van der Waals surface area contributed by atoms with Gasteiger partial charge in [0.15, 0.2) is 0 Å². The van der Waals surface area contributed by atoms with Crippen LogP contribution in [0.4, 0.5) is 0 Å². The van der Waals surface area contributed by atoms with Crippen molar-refractivity contribution >= 4 is 16.8 Å². The number of hydrogen-bond donors (Lipinski definition) is 1. The zero-order chi connectivity index (χ0) is 17.9. The molecule has 3 aromatic rings. The summed E-state index contributed by atoms with van der Waals surface area (Å²) in [5.74, 6) is -0.0733. The van der Waals surface area contributed by atoms with Crippen molar-refractivity contribution in [1.82, 2.24) is 19.8 Å². The molecule has 132 valence electrons. The van der Waals surface area contributed by atoms with E-state index in [0.717, 1.165) is 25.0 Å². The number of aromatic amines is 1. The van der Waals surface area contributed by atoms with E-state index in [1.54, 1.807) is 12.4 Å². The van der Waals surface area contributed by atoms with Gasteiger partial charge in [-0.05, 0) is 23.8 Å². The lowest BCUT2D eigenvalue weighted by Crippen LogP contribution is -2.48. The summed E-state index contributed by atoms with van der Waals surface area (Å²) in [7, 11) is 0. The van der Waals surface area contributed by atoms with Gasteiger partial charge in [-0.2, -0.15) is 0 Å². The lowest BCUT2D eigenvalue weighted by Gasteiger charge is -2.35. The summed E-state index contributed by atoms with van der Waals surface area (Å²) in [4.78, 5) is 35.9. The van der Waals surface area contributed by atoms with E-state index in [-0.39, 0.29) is 11.5 Å². The van der Waals surface area contributed by atoms with Crippen LogP contribution in [0.5, 0.6) is 0 Å². The van der Waals surface area contributed by atoms with Gasteiger partial charge >= 0.3 is 0 Å². The maximum Gasteiger partial charge on any atom is 0.254 e. The molecular formula is C20H20N4O2. The van der Waals surface area contributed by atoms with Crippen molar-refractivity contribution in [2.24, 2.45) is 0 Å². The molecule has 0 unspecified atom stereocenters. The second-order valence-corrected chi connectivity index (χ2v) is 6.52. The smallest absolute Gasteiger partial charge is 0.254 e. The molecule has 1 aliphatic rings. The number of fused-ring (bicyclic) bond motifs is 1. The lowest BCUT2D eigenvalue weighted by molar-refractivity contribution is 0.0630. The number of pyridine rings is 2. The van der Waals surface area contributed by atoms with Crippen LogP contribution in [0.3, 0.4) is 0 Å². The number of aromatic nitrogens is 2. The first kappa shape index (κ1) is 16.5. The summed E-state index contributed by atoms with van der Waals surface area (Å²) < 4.78 is 0. The Bertz CT molecular complexity index is 976. The highest BCUT2D eigenvalue weighted by Gasteiger charge is 2.23. The molecule has 4 rings (SSSR count). The zero-order valence-electron chi connectivity index (χ0n) is 14.4. The van der Waals surface area contributed by atoms with Crippen molar-refractivity contribution in [3.63, 3.8) is 0 Å². The van der Waals surface area contributed by atoms with Crippen LogP contribution in [0.2, 0.25) is 0 Å². The van der Waals surface area contributed by atoms with E-state index in [1.807, 2.05) is 41.3 Å². The van der Waals surface area contributed by atoms with Crippen LogP contribution in [0.25, 0.3) is 10.9 Å². The number of nitrogens with zero attached hydrogens (tertiary/aromatic N) is 3. The molecule has 0 spiro atoms. The Labute approximate surface area is 151 Å². The second-order valence-electron chi connectivity index (χ2n) is 6.52. The quantitative estimate of drug-likeness (QED) is 0.785. The molecule has 1 aliphatic heterocycles. The minimum atomic E-state index is -0.247. The number of carbonyl (C=O) groups is 1. The first-order valence-electron chi connectivity index (χ1n) is 8.73. The maximum atomic E-state index is 13.0. The number of para-hydroxylation sites is 1. The third-order valence-corrected chi connectivity index (χ3v) is 4.80. The number of amides is 1. The Morgan fingerprint density at radius 3 is 2.54 bits per heavy atom. The van der Waals surface area contributed by atoms with E-state index in [4.69, 9.17) is 0 Å². The number of nitrogens with one attached hydrogen (secondary N) is 1. The van der Waals surface area contributed by atoms with Crippen LogP contribution in [0.15, 0.2) is 59.7 Å². The van der Waals surface area contributed by atoms with Gasteiger partial charge in [-0.25, -0.2) is 0 Å². The van der Waals surface area contributed by atoms with Crippen LogP contribution in [-0.2, 0) is 6.54 Å². The first-order chi connectivity index (χ1) is 12.7. The van der Waals surface area contributed by atoms with Gasteiger partial charge in [-0.1, -0.05) is 18.2 Å². The number of piperazine rings is 1. The predicted octanol–water partition coefficient (Wildman–Crippen LogP) is 1.88. The van der Waals surface area contributed by atoms with Gasteiger partial charge in [-0.15, -0.1) is 0 Å². The number of hydrogen-bond acceptors (Lipinski definition) is 4. The highest BCUT2D eigenvalue weighted by atomic mass is 16.2. The predicted molar refractivity (Wildman–Crippen MR) is 100.0 cm³/mol. The van der Waals surface area contributed by atoms with Gasteiger partial charge < -0.3 is 9.88 Å². The minimum Gasteiger partial charge on any atom is -0.336 e. The maximum absolute atomic E-state index is 13.0. The Morgan fingerprint density at radius 1 is 1.04 bits per heavy atom. The normalized spacial score (nSPS) is 15.3. The van der Waals surface area contributed by atoms with E-state index in [9.17, 15) is 9.59 Å². The van der Waals surface area contributed by atoms with Gasteiger partial charge in [0, 0.05) is 62.1 Å². The molecule has 6 heteroatoms. The first-order valence-corrected chi connectivity index (χ1v) is 8.73. The van der Waals surface area contributed by atoms with Crippen molar-refractivity contribution in [1.29, 1.82) is 0 Å². The summed E-state index contributed by atoms with van der Waals surface area (Å²) in [6, 6.07) is 12.9. The molecule has 6 nitrogen and oxygen atoms in total. The summed E-state index contributed by atoms with van der Waals surface area (Å²) in [5.41, 5.74) is 2.15. The molecule has 3 heterocycles.